The fraction of sp³-hybridized carbons (Fsp3) is 0.423. The van der Waals surface area contributed by atoms with Gasteiger partial charge in [-0.1, -0.05) is 24.3 Å². The van der Waals surface area contributed by atoms with E-state index in [1.54, 1.807) is 18.9 Å². The zero-order valence-corrected chi connectivity index (χ0v) is 19.9. The van der Waals surface area contributed by atoms with E-state index in [0.29, 0.717) is 32.4 Å². The summed E-state index contributed by atoms with van der Waals surface area (Å²) in [6, 6.07) is 10.9. The molecule has 0 unspecified atom stereocenters. The molecule has 2 aromatic carbocycles. The van der Waals surface area contributed by atoms with Gasteiger partial charge in [-0.2, -0.15) is 0 Å². The van der Waals surface area contributed by atoms with Crippen LogP contribution in [-0.4, -0.2) is 59.9 Å². The second-order valence-corrected chi connectivity index (χ2v) is 9.23. The molecule has 9 heteroatoms. The SMILES string of the molecule is COc1ccc(CCN2C(=O)N[C@](C)(C3CCN(C(=O)Cc4cccc(F)c4F)CC3)C2=O)cc1. The van der Waals surface area contributed by atoms with Crippen LogP contribution in [0.2, 0.25) is 0 Å². The maximum atomic E-state index is 13.9. The first-order valence-corrected chi connectivity index (χ1v) is 11.7. The molecule has 4 rings (SSSR count). The minimum absolute atomic E-state index is 0.0230. The highest BCUT2D eigenvalue weighted by molar-refractivity contribution is 6.07. The van der Waals surface area contributed by atoms with Crippen molar-refractivity contribution in [2.45, 2.75) is 38.1 Å². The molecule has 0 spiro atoms. The van der Waals surface area contributed by atoms with Gasteiger partial charge >= 0.3 is 6.03 Å². The number of imide groups is 1. The van der Waals surface area contributed by atoms with Crippen molar-refractivity contribution in [1.82, 2.24) is 15.1 Å². The van der Waals surface area contributed by atoms with E-state index in [1.807, 2.05) is 24.3 Å². The Morgan fingerprint density at radius 1 is 1.11 bits per heavy atom. The number of carbonyl (C=O) groups is 3. The van der Waals surface area contributed by atoms with Crippen molar-refractivity contribution < 1.29 is 27.9 Å². The quantitative estimate of drug-likeness (QED) is 0.611. The first kappa shape index (κ1) is 24.6. The molecule has 2 fully saturated rings. The van der Waals surface area contributed by atoms with Gasteiger partial charge in [-0.25, -0.2) is 13.6 Å². The van der Waals surface area contributed by atoms with Crippen LogP contribution in [0, 0.1) is 17.6 Å². The van der Waals surface area contributed by atoms with Gasteiger partial charge in [-0.15, -0.1) is 0 Å². The molecule has 2 saturated heterocycles. The Hall–Kier alpha value is -3.49. The Balaban J connectivity index is 1.33. The van der Waals surface area contributed by atoms with Crippen LogP contribution in [0.4, 0.5) is 13.6 Å². The maximum Gasteiger partial charge on any atom is 0.325 e. The lowest BCUT2D eigenvalue weighted by Gasteiger charge is -2.39. The second kappa shape index (κ2) is 10.0. The summed E-state index contributed by atoms with van der Waals surface area (Å²) in [7, 11) is 1.59. The Labute approximate surface area is 203 Å². The average Bonchev–Trinajstić information content (AvgIpc) is 3.09. The maximum absolute atomic E-state index is 13.9. The predicted molar refractivity (Wildman–Crippen MR) is 125 cm³/mol. The summed E-state index contributed by atoms with van der Waals surface area (Å²) < 4.78 is 32.5. The predicted octanol–water partition coefficient (Wildman–Crippen LogP) is 3.31. The highest BCUT2D eigenvalue weighted by Crippen LogP contribution is 2.34. The highest BCUT2D eigenvalue weighted by atomic mass is 19.2. The number of methoxy groups -OCH3 is 1. The third-order valence-electron chi connectivity index (χ3n) is 7.12. The number of ether oxygens (including phenoxy) is 1. The molecule has 0 saturated carbocycles. The summed E-state index contributed by atoms with van der Waals surface area (Å²) in [4.78, 5) is 41.4. The van der Waals surface area contributed by atoms with Crippen LogP contribution in [-0.2, 0) is 22.4 Å². The molecular weight excluding hydrogens is 456 g/mol. The smallest absolute Gasteiger partial charge is 0.325 e. The molecule has 0 radical (unpaired) electrons. The van der Waals surface area contributed by atoms with E-state index < -0.39 is 23.2 Å². The van der Waals surface area contributed by atoms with Crippen molar-refractivity contribution in [3.05, 3.63) is 65.2 Å². The molecule has 2 aliphatic heterocycles. The number of nitrogens with zero attached hydrogens (tertiary/aromatic N) is 2. The summed E-state index contributed by atoms with van der Waals surface area (Å²) in [6.07, 6.45) is 1.35. The number of likely N-dealkylation sites (tertiary alicyclic amines) is 1. The zero-order valence-electron chi connectivity index (χ0n) is 19.9. The van der Waals surface area contributed by atoms with E-state index in [1.165, 1.54) is 17.0 Å². The summed E-state index contributed by atoms with van der Waals surface area (Å²) >= 11 is 0. The van der Waals surface area contributed by atoms with Crippen molar-refractivity contribution in [3.63, 3.8) is 0 Å². The van der Waals surface area contributed by atoms with E-state index in [9.17, 15) is 23.2 Å². The summed E-state index contributed by atoms with van der Waals surface area (Å²) in [5.74, 6) is -1.93. The van der Waals surface area contributed by atoms with Crippen LogP contribution in [0.25, 0.3) is 0 Å². The molecule has 2 heterocycles. The van der Waals surface area contributed by atoms with Gasteiger partial charge in [0.05, 0.1) is 13.5 Å². The first-order valence-electron chi connectivity index (χ1n) is 11.7. The number of carbonyl (C=O) groups excluding carboxylic acids is 3. The fourth-order valence-electron chi connectivity index (χ4n) is 4.89. The molecule has 2 aliphatic rings. The van der Waals surface area contributed by atoms with E-state index in [0.717, 1.165) is 17.4 Å². The normalized spacial score (nSPS) is 20.8. The highest BCUT2D eigenvalue weighted by Gasteiger charge is 2.52. The van der Waals surface area contributed by atoms with Gasteiger partial charge in [0.2, 0.25) is 5.91 Å². The van der Waals surface area contributed by atoms with Gasteiger partial charge in [0.15, 0.2) is 11.6 Å². The Morgan fingerprint density at radius 2 is 1.80 bits per heavy atom. The monoisotopic (exact) mass is 485 g/mol. The summed E-state index contributed by atoms with van der Waals surface area (Å²) in [6.45, 7) is 2.77. The molecule has 186 valence electrons. The molecule has 7 nitrogen and oxygen atoms in total. The fourth-order valence-corrected chi connectivity index (χ4v) is 4.89. The number of piperidine rings is 1. The first-order chi connectivity index (χ1) is 16.7. The lowest BCUT2D eigenvalue weighted by Crippen LogP contribution is -2.54. The minimum Gasteiger partial charge on any atom is -0.497 e. The third-order valence-corrected chi connectivity index (χ3v) is 7.12. The van der Waals surface area contributed by atoms with Crippen molar-refractivity contribution in [3.8, 4) is 5.75 Å². The number of benzene rings is 2. The van der Waals surface area contributed by atoms with Crippen molar-refractivity contribution in [1.29, 1.82) is 0 Å². The van der Waals surface area contributed by atoms with Crippen molar-refractivity contribution in [2.75, 3.05) is 26.7 Å². The van der Waals surface area contributed by atoms with Crippen LogP contribution in [0.3, 0.4) is 0 Å². The number of urea groups is 1. The molecule has 2 aromatic rings. The second-order valence-electron chi connectivity index (χ2n) is 9.23. The number of hydrogen-bond donors (Lipinski definition) is 1. The lowest BCUT2D eigenvalue weighted by atomic mass is 9.78. The van der Waals surface area contributed by atoms with Crippen LogP contribution in [0.1, 0.15) is 30.9 Å². The summed E-state index contributed by atoms with van der Waals surface area (Å²) in [5, 5.41) is 2.87. The van der Waals surface area contributed by atoms with Crippen LogP contribution in [0.5, 0.6) is 5.75 Å². The van der Waals surface area contributed by atoms with Gasteiger partial charge < -0.3 is 15.0 Å². The molecule has 35 heavy (non-hydrogen) atoms. The molecule has 0 bridgehead atoms. The third kappa shape index (κ3) is 4.99. The van der Waals surface area contributed by atoms with Crippen LogP contribution >= 0.6 is 0 Å². The number of halogens is 2. The summed E-state index contributed by atoms with van der Waals surface area (Å²) in [5.41, 5.74) is -0.0303. The van der Waals surface area contributed by atoms with E-state index >= 15 is 0 Å². The topological polar surface area (TPSA) is 79.0 Å². The van der Waals surface area contributed by atoms with Crippen molar-refractivity contribution >= 4 is 17.8 Å². The number of nitrogens with one attached hydrogen (secondary N) is 1. The largest absolute Gasteiger partial charge is 0.497 e. The Morgan fingerprint density at radius 3 is 2.46 bits per heavy atom. The van der Waals surface area contributed by atoms with E-state index in [2.05, 4.69) is 5.32 Å². The molecule has 0 aromatic heterocycles. The molecule has 1 N–H and O–H groups in total. The van der Waals surface area contributed by atoms with Gasteiger partial charge in [0.1, 0.15) is 11.3 Å². The number of hydrogen-bond acceptors (Lipinski definition) is 4. The van der Waals surface area contributed by atoms with Crippen LogP contribution in [0.15, 0.2) is 42.5 Å². The van der Waals surface area contributed by atoms with E-state index in [-0.39, 0.29) is 36.3 Å². The number of amides is 4. The van der Waals surface area contributed by atoms with Crippen LogP contribution < -0.4 is 10.1 Å². The molecule has 4 amide bonds. The average molecular weight is 486 g/mol. The lowest BCUT2D eigenvalue weighted by molar-refractivity contribution is -0.135. The van der Waals surface area contributed by atoms with Gasteiger partial charge in [0, 0.05) is 25.2 Å². The Kier molecular flexibility index (Phi) is 7.05. The number of rotatable bonds is 7. The van der Waals surface area contributed by atoms with E-state index in [4.69, 9.17) is 4.74 Å². The van der Waals surface area contributed by atoms with Gasteiger partial charge in [0.25, 0.3) is 5.91 Å². The molecular formula is C26H29F2N3O4. The van der Waals surface area contributed by atoms with Gasteiger partial charge in [-0.05, 0) is 55.9 Å². The molecule has 0 aliphatic carbocycles. The van der Waals surface area contributed by atoms with Crippen molar-refractivity contribution in [2.24, 2.45) is 5.92 Å². The van der Waals surface area contributed by atoms with Gasteiger partial charge in [-0.3, -0.25) is 14.5 Å². The molecule has 1 atom stereocenters. The minimum atomic E-state index is -1.04. The zero-order chi connectivity index (χ0) is 25.2. The standard InChI is InChI=1S/C26H29F2N3O4/c1-26(24(33)31(25(34)29-26)15-10-17-6-8-20(35-2)9-7-17)19-11-13-30(14-12-19)22(32)16-18-4-3-5-21(27)23(18)28/h3-9,19H,10-16H2,1-2H3,(H,29,34)/t26-/m1/s1. The Bertz CT molecular complexity index is 1120.